The fourth-order valence-electron chi connectivity index (χ4n) is 3.51. The average Bonchev–Trinajstić information content (AvgIpc) is 3.18. The Morgan fingerprint density at radius 3 is 2.25 bits per heavy atom. The molecule has 0 unspecified atom stereocenters. The maximum Gasteiger partial charge on any atom is 0.244 e. The van der Waals surface area contributed by atoms with E-state index in [4.69, 9.17) is 4.98 Å². The number of sulfone groups is 1. The van der Waals surface area contributed by atoms with Crippen LogP contribution in [0.1, 0.15) is 30.5 Å². The molecule has 3 rings (SSSR count). The third kappa shape index (κ3) is 5.36. The second-order valence-electron chi connectivity index (χ2n) is 8.00. The third-order valence-corrected chi connectivity index (χ3v) is 8.49. The Morgan fingerprint density at radius 1 is 0.969 bits per heavy atom. The molecule has 0 aliphatic rings. The second kappa shape index (κ2) is 10.1. The molecule has 0 radical (unpaired) electrons. The molecule has 0 aliphatic carbocycles. The fourth-order valence-corrected chi connectivity index (χ4v) is 5.77. The number of likely N-dealkylation sites (N-methyl/N-ethyl adjacent to an activating group) is 1. The molecule has 2 aromatic carbocycles. The molecule has 1 heterocycles. The predicted octanol–water partition coefficient (Wildman–Crippen LogP) is 4.37. The van der Waals surface area contributed by atoms with Gasteiger partial charge < -0.3 is 4.90 Å². The van der Waals surface area contributed by atoms with Crippen LogP contribution in [0.25, 0.3) is 10.2 Å². The lowest BCUT2D eigenvalue weighted by molar-refractivity contribution is -0.116. The van der Waals surface area contributed by atoms with Gasteiger partial charge in [-0.3, -0.25) is 9.69 Å². The van der Waals surface area contributed by atoms with Gasteiger partial charge in [-0.1, -0.05) is 48.9 Å². The van der Waals surface area contributed by atoms with Crippen LogP contribution < -0.4 is 4.90 Å². The molecule has 0 fully saturated rings. The summed E-state index contributed by atoms with van der Waals surface area (Å²) >= 11 is 1.43. The number of aryl methyl sites for hydroxylation is 3. The molecule has 172 valence electrons. The van der Waals surface area contributed by atoms with Crippen LogP contribution in [-0.2, 0) is 14.6 Å². The summed E-state index contributed by atoms with van der Waals surface area (Å²) in [6, 6.07) is 10.7. The predicted molar refractivity (Wildman–Crippen MR) is 132 cm³/mol. The van der Waals surface area contributed by atoms with Gasteiger partial charge >= 0.3 is 0 Å². The topological polar surface area (TPSA) is 70.6 Å². The van der Waals surface area contributed by atoms with E-state index in [9.17, 15) is 13.2 Å². The molecule has 0 atom stereocenters. The summed E-state index contributed by atoms with van der Waals surface area (Å²) in [5.74, 6) is -1.03. The molecule has 1 aromatic heterocycles. The first-order chi connectivity index (χ1) is 15.2. The molecular weight excluding hydrogens is 442 g/mol. The highest BCUT2D eigenvalue weighted by atomic mass is 32.2. The zero-order chi connectivity index (χ0) is 23.5. The van der Waals surface area contributed by atoms with Crippen LogP contribution in [0, 0.1) is 20.8 Å². The van der Waals surface area contributed by atoms with Crippen molar-refractivity contribution in [2.75, 3.05) is 36.8 Å². The van der Waals surface area contributed by atoms with Crippen molar-refractivity contribution in [2.24, 2.45) is 0 Å². The number of hydrogen-bond acceptors (Lipinski definition) is 6. The van der Waals surface area contributed by atoms with Gasteiger partial charge in [0.15, 0.2) is 15.0 Å². The normalized spacial score (nSPS) is 11.9. The molecule has 0 bridgehead atoms. The Labute approximate surface area is 194 Å². The van der Waals surface area contributed by atoms with Crippen LogP contribution >= 0.6 is 11.3 Å². The van der Waals surface area contributed by atoms with Crippen molar-refractivity contribution in [3.8, 4) is 0 Å². The van der Waals surface area contributed by atoms with Gasteiger partial charge in [0.2, 0.25) is 5.91 Å². The Balaban J connectivity index is 1.94. The summed E-state index contributed by atoms with van der Waals surface area (Å²) in [6.45, 7) is 12.8. The maximum absolute atomic E-state index is 13.3. The van der Waals surface area contributed by atoms with Gasteiger partial charge in [0.05, 0.1) is 15.1 Å². The molecule has 0 saturated heterocycles. The lowest BCUT2D eigenvalue weighted by Gasteiger charge is -2.24. The summed E-state index contributed by atoms with van der Waals surface area (Å²) in [5, 5.41) is 0.546. The highest BCUT2D eigenvalue weighted by molar-refractivity contribution is 7.92. The molecule has 32 heavy (non-hydrogen) atoms. The number of hydrogen-bond donors (Lipinski definition) is 0. The van der Waals surface area contributed by atoms with Crippen molar-refractivity contribution in [1.29, 1.82) is 0 Å². The van der Waals surface area contributed by atoms with Crippen molar-refractivity contribution in [1.82, 2.24) is 9.88 Å². The lowest BCUT2D eigenvalue weighted by atomic mass is 10.1. The number of carbonyl (C=O) groups is 1. The van der Waals surface area contributed by atoms with Crippen LogP contribution in [0.2, 0.25) is 0 Å². The zero-order valence-electron chi connectivity index (χ0n) is 19.4. The van der Waals surface area contributed by atoms with E-state index in [1.165, 1.54) is 11.3 Å². The van der Waals surface area contributed by atoms with E-state index in [1.54, 1.807) is 29.2 Å². The van der Waals surface area contributed by atoms with Gasteiger partial charge in [0.1, 0.15) is 5.75 Å². The first kappa shape index (κ1) is 24.4. The van der Waals surface area contributed by atoms with Crippen LogP contribution in [-0.4, -0.2) is 56.1 Å². The molecule has 0 N–H and O–H groups in total. The number of thiazole rings is 1. The number of rotatable bonds is 9. The van der Waals surface area contributed by atoms with E-state index < -0.39 is 21.5 Å². The average molecular weight is 474 g/mol. The number of benzene rings is 2. The summed E-state index contributed by atoms with van der Waals surface area (Å²) in [5.41, 5.74) is 4.05. The highest BCUT2D eigenvalue weighted by Crippen LogP contribution is 2.32. The Morgan fingerprint density at radius 2 is 1.62 bits per heavy atom. The van der Waals surface area contributed by atoms with E-state index in [-0.39, 0.29) is 4.90 Å². The summed E-state index contributed by atoms with van der Waals surface area (Å²) in [6.07, 6.45) is 0. The smallest absolute Gasteiger partial charge is 0.244 e. The lowest BCUT2D eigenvalue weighted by Crippen LogP contribution is -2.41. The van der Waals surface area contributed by atoms with Crippen molar-refractivity contribution in [3.05, 3.63) is 53.1 Å². The zero-order valence-corrected chi connectivity index (χ0v) is 21.0. The highest BCUT2D eigenvalue weighted by Gasteiger charge is 2.27. The Kier molecular flexibility index (Phi) is 7.69. The minimum absolute atomic E-state index is 0.163. The number of anilines is 1. The number of amides is 1. The van der Waals surface area contributed by atoms with E-state index in [1.807, 2.05) is 32.9 Å². The van der Waals surface area contributed by atoms with Crippen LogP contribution in [0.4, 0.5) is 5.13 Å². The standard InChI is InChI=1S/C24H31N3O3S2/c1-6-26(7-2)14-15-27(24-25-23-19(5)18(4)10-13-21(23)31-24)22(28)16-32(29,30)20-11-8-17(3)9-12-20/h8-13H,6-7,14-16H2,1-5H3. The van der Waals surface area contributed by atoms with E-state index in [2.05, 4.69) is 18.7 Å². The van der Waals surface area contributed by atoms with Crippen LogP contribution in [0.3, 0.4) is 0 Å². The van der Waals surface area contributed by atoms with Gasteiger partial charge in [0, 0.05) is 13.1 Å². The van der Waals surface area contributed by atoms with E-state index >= 15 is 0 Å². The number of nitrogens with zero attached hydrogens (tertiary/aromatic N) is 3. The number of aromatic nitrogens is 1. The molecule has 6 nitrogen and oxygen atoms in total. The van der Waals surface area contributed by atoms with Crippen LogP contribution in [0.5, 0.6) is 0 Å². The molecule has 0 aliphatic heterocycles. The number of carbonyl (C=O) groups excluding carboxylic acids is 1. The van der Waals surface area contributed by atoms with Gasteiger partial charge in [-0.25, -0.2) is 13.4 Å². The number of fused-ring (bicyclic) bond motifs is 1. The first-order valence-electron chi connectivity index (χ1n) is 10.8. The van der Waals surface area contributed by atoms with Crippen molar-refractivity contribution < 1.29 is 13.2 Å². The quantitative estimate of drug-likeness (QED) is 0.462. The molecule has 1 amide bonds. The molecule has 0 spiro atoms. The SMILES string of the molecule is CCN(CC)CCN(C(=O)CS(=O)(=O)c1ccc(C)cc1)c1nc2c(C)c(C)ccc2s1. The fraction of sp³-hybridized carbons (Fsp3) is 0.417. The van der Waals surface area contributed by atoms with Crippen molar-refractivity contribution in [3.63, 3.8) is 0 Å². The summed E-state index contributed by atoms with van der Waals surface area (Å²) in [4.78, 5) is 22.0. The molecule has 0 saturated carbocycles. The van der Waals surface area contributed by atoms with Gasteiger partial charge in [-0.15, -0.1) is 0 Å². The summed E-state index contributed by atoms with van der Waals surface area (Å²) in [7, 11) is -3.75. The summed E-state index contributed by atoms with van der Waals surface area (Å²) < 4.78 is 26.9. The van der Waals surface area contributed by atoms with Crippen molar-refractivity contribution >= 4 is 42.4 Å². The minimum Gasteiger partial charge on any atom is -0.302 e. The van der Waals surface area contributed by atoms with Crippen molar-refractivity contribution in [2.45, 2.75) is 39.5 Å². The van der Waals surface area contributed by atoms with E-state index in [0.717, 1.165) is 40.0 Å². The van der Waals surface area contributed by atoms with E-state index in [0.29, 0.717) is 18.2 Å². The van der Waals surface area contributed by atoms with Gasteiger partial charge in [0.25, 0.3) is 0 Å². The largest absolute Gasteiger partial charge is 0.302 e. The second-order valence-corrected chi connectivity index (χ2v) is 11.0. The minimum atomic E-state index is -3.75. The van der Waals surface area contributed by atoms with Crippen LogP contribution in [0.15, 0.2) is 41.3 Å². The Bertz CT molecular complexity index is 1200. The molecule has 3 aromatic rings. The van der Waals surface area contributed by atoms with Gasteiger partial charge in [-0.2, -0.15) is 0 Å². The molecule has 8 heteroatoms. The van der Waals surface area contributed by atoms with Gasteiger partial charge in [-0.05, 0) is 63.2 Å². The third-order valence-electron chi connectivity index (χ3n) is 5.83. The Hall–Kier alpha value is -2.29. The first-order valence-corrected chi connectivity index (χ1v) is 13.3. The molecular formula is C24H31N3O3S2. The monoisotopic (exact) mass is 473 g/mol. The maximum atomic E-state index is 13.3.